The van der Waals surface area contributed by atoms with Crippen molar-refractivity contribution in [3.63, 3.8) is 0 Å². The quantitative estimate of drug-likeness (QED) is 0.181. The summed E-state index contributed by atoms with van der Waals surface area (Å²) in [6, 6.07) is 64.2. The van der Waals surface area contributed by atoms with E-state index in [-0.39, 0.29) is 0 Å². The molecule has 4 heteroatoms. The monoisotopic (exact) mass is 601 g/mol. The summed E-state index contributed by atoms with van der Waals surface area (Å²) in [4.78, 5) is 0. The lowest BCUT2D eigenvalue weighted by atomic mass is 10.1. The van der Waals surface area contributed by atoms with Gasteiger partial charge in [0.15, 0.2) is 6.16 Å². The SMILES string of the molecule is N#CC=P(c1ccccc1)(c1ccccc1)c1ccc(-c2ccc([P+](CC#N)(c3ccccc3)c3ccccc3)cc2)cc1. The number of rotatable bonds is 8. The smallest absolute Gasteiger partial charge is 0.159 e. The van der Waals surface area contributed by atoms with Crippen LogP contribution in [0.5, 0.6) is 0 Å². The van der Waals surface area contributed by atoms with Crippen LogP contribution < -0.4 is 31.8 Å². The molecule has 6 aromatic carbocycles. The third-order valence-electron chi connectivity index (χ3n) is 8.20. The molecule has 0 unspecified atom stereocenters. The van der Waals surface area contributed by atoms with Crippen molar-refractivity contribution >= 4 is 51.8 Å². The maximum atomic E-state index is 10.1. The van der Waals surface area contributed by atoms with Gasteiger partial charge in [0.2, 0.25) is 0 Å². The molecule has 0 aliphatic rings. The number of nitrogens with zero attached hydrogens (tertiary/aromatic N) is 2. The first kappa shape index (κ1) is 29.1. The molecule has 0 aliphatic carbocycles. The van der Waals surface area contributed by atoms with Gasteiger partial charge in [-0.3, -0.25) is 0 Å². The van der Waals surface area contributed by atoms with Gasteiger partial charge in [0.25, 0.3) is 0 Å². The van der Waals surface area contributed by atoms with Gasteiger partial charge >= 0.3 is 0 Å². The second kappa shape index (κ2) is 13.1. The first-order valence-corrected chi connectivity index (χ1v) is 18.4. The van der Waals surface area contributed by atoms with Crippen LogP contribution in [-0.2, 0) is 0 Å². The molecule has 0 N–H and O–H groups in total. The Morgan fingerprint density at radius 3 is 1.23 bits per heavy atom. The summed E-state index contributed by atoms with van der Waals surface area (Å²) in [7, 11) is -2.16. The van der Waals surface area contributed by atoms with Gasteiger partial charge in [-0.1, -0.05) is 133 Å². The Morgan fingerprint density at radius 2 is 0.818 bits per heavy atom. The lowest BCUT2D eigenvalue weighted by Crippen LogP contribution is -2.33. The summed E-state index contributed by atoms with van der Waals surface area (Å²) < 4.78 is 0. The minimum absolute atomic E-state index is 0.440. The second-order valence-electron chi connectivity index (χ2n) is 10.5. The Balaban J connectivity index is 1.43. The molecule has 0 radical (unpaired) electrons. The van der Waals surface area contributed by atoms with Crippen molar-refractivity contribution in [1.29, 1.82) is 10.5 Å². The van der Waals surface area contributed by atoms with Crippen molar-refractivity contribution in [2.45, 2.75) is 0 Å². The summed E-state index contributed by atoms with van der Waals surface area (Å²) in [5.41, 5.74) is 2.23. The summed E-state index contributed by atoms with van der Waals surface area (Å²) in [6.07, 6.45) is 0.440. The fourth-order valence-corrected chi connectivity index (χ4v) is 13.2. The number of hydrogen-bond acceptors (Lipinski definition) is 2. The van der Waals surface area contributed by atoms with E-state index in [1.54, 1.807) is 0 Å². The molecular formula is C40H31N2P2+. The van der Waals surface area contributed by atoms with Gasteiger partial charge in [0.05, 0.1) is 6.07 Å². The van der Waals surface area contributed by atoms with Gasteiger partial charge < -0.3 is 0 Å². The largest absolute Gasteiger partial charge is 0.194 e. The predicted octanol–water partition coefficient (Wildman–Crippen LogP) is 6.79. The van der Waals surface area contributed by atoms with Gasteiger partial charge in [-0.2, -0.15) is 10.5 Å². The fraction of sp³-hybridized carbons (Fsp3) is 0.0250. The zero-order valence-corrected chi connectivity index (χ0v) is 26.0. The maximum absolute atomic E-state index is 10.1. The van der Waals surface area contributed by atoms with Gasteiger partial charge in [0, 0.05) is 5.80 Å². The van der Waals surface area contributed by atoms with Crippen molar-refractivity contribution in [3.8, 4) is 23.3 Å². The van der Waals surface area contributed by atoms with Gasteiger partial charge in [-0.15, -0.1) is 0 Å². The summed E-state index contributed by atoms with van der Waals surface area (Å²) in [5.74, 6) is 1.85. The highest BCUT2D eigenvalue weighted by Gasteiger charge is 2.45. The molecule has 0 saturated heterocycles. The highest BCUT2D eigenvalue weighted by molar-refractivity contribution is 7.96. The van der Waals surface area contributed by atoms with Crippen LogP contribution in [0.2, 0.25) is 0 Å². The molecule has 0 heterocycles. The van der Waals surface area contributed by atoms with Gasteiger partial charge in [0.1, 0.15) is 29.2 Å². The average molecular weight is 602 g/mol. The molecule has 0 amide bonds. The van der Waals surface area contributed by atoms with Crippen LogP contribution in [0.4, 0.5) is 0 Å². The van der Waals surface area contributed by atoms with Crippen molar-refractivity contribution in [3.05, 3.63) is 170 Å². The topological polar surface area (TPSA) is 47.6 Å². The molecule has 210 valence electrons. The number of hydrogen-bond donors (Lipinski definition) is 0. The van der Waals surface area contributed by atoms with E-state index in [1.807, 2.05) is 54.3 Å². The van der Waals surface area contributed by atoms with Crippen molar-refractivity contribution in [1.82, 2.24) is 0 Å². The number of nitriles is 2. The third kappa shape index (κ3) is 5.32. The average Bonchev–Trinajstić information content (AvgIpc) is 3.11. The molecular weight excluding hydrogens is 570 g/mol. The fourth-order valence-electron chi connectivity index (χ4n) is 6.07. The molecule has 6 rings (SSSR count). The van der Waals surface area contributed by atoms with Crippen LogP contribution in [0.1, 0.15) is 0 Å². The highest BCUT2D eigenvalue weighted by Crippen LogP contribution is 2.55. The second-order valence-corrected chi connectivity index (χ2v) is 17.3. The van der Waals surface area contributed by atoms with Gasteiger partial charge in [-0.05, 0) is 70.3 Å². The Labute approximate surface area is 260 Å². The van der Waals surface area contributed by atoms with E-state index < -0.39 is 14.1 Å². The molecule has 44 heavy (non-hydrogen) atoms. The zero-order valence-electron chi connectivity index (χ0n) is 24.2. The zero-order chi connectivity index (χ0) is 30.2. The minimum Gasteiger partial charge on any atom is -0.194 e. The molecule has 6 aromatic rings. The van der Waals surface area contributed by atoms with E-state index in [4.69, 9.17) is 0 Å². The van der Waals surface area contributed by atoms with E-state index in [0.717, 1.165) is 27.0 Å². The Bertz CT molecular complexity index is 1890. The lowest BCUT2D eigenvalue weighted by Gasteiger charge is -2.27. The molecule has 0 spiro atoms. The van der Waals surface area contributed by atoms with E-state index in [9.17, 15) is 10.5 Å². The summed E-state index contributed by atoms with van der Waals surface area (Å²) >= 11 is 0. The lowest BCUT2D eigenvalue weighted by molar-refractivity contribution is 1.48. The van der Waals surface area contributed by atoms with E-state index >= 15 is 0 Å². The minimum atomic E-state index is -2.28. The van der Waals surface area contributed by atoms with Crippen LogP contribution in [0.25, 0.3) is 11.1 Å². The molecule has 0 atom stereocenters. The third-order valence-corrected chi connectivity index (χ3v) is 16.2. The summed E-state index contributed by atoms with van der Waals surface area (Å²) in [5, 5.41) is 27.2. The van der Waals surface area contributed by atoms with Crippen molar-refractivity contribution < 1.29 is 0 Å². The van der Waals surface area contributed by atoms with E-state index in [2.05, 4.69) is 133 Å². The van der Waals surface area contributed by atoms with Crippen LogP contribution in [0.3, 0.4) is 0 Å². The Hall–Kier alpha value is -4.97. The van der Waals surface area contributed by atoms with Crippen molar-refractivity contribution in [2.24, 2.45) is 0 Å². The van der Waals surface area contributed by atoms with Crippen LogP contribution in [0, 0.1) is 22.7 Å². The molecule has 0 fully saturated rings. The van der Waals surface area contributed by atoms with Gasteiger partial charge in [-0.25, -0.2) is 0 Å². The standard InChI is InChI=1S/C40H31N2P2/c41-29-31-43(35-13-5-1-6-14-35,36-15-7-2-8-16-36)39-25-21-33(22-26-39)34-23-27-40(28-24-34)44(32-30-42,37-17-9-3-10-18-37)38-19-11-4-12-20-38/h1-28,31H,32H2/q+1. The first-order chi connectivity index (χ1) is 21.7. The first-order valence-electron chi connectivity index (χ1n) is 14.5. The van der Waals surface area contributed by atoms with E-state index in [0.29, 0.717) is 6.16 Å². The van der Waals surface area contributed by atoms with Crippen LogP contribution in [0.15, 0.2) is 170 Å². The molecule has 0 saturated carbocycles. The molecule has 2 nitrogen and oxygen atoms in total. The van der Waals surface area contributed by atoms with E-state index in [1.165, 1.54) is 15.9 Å². The maximum Gasteiger partial charge on any atom is 0.159 e. The van der Waals surface area contributed by atoms with Crippen LogP contribution >= 0.6 is 14.1 Å². The predicted molar refractivity (Wildman–Crippen MR) is 191 cm³/mol. The van der Waals surface area contributed by atoms with Crippen LogP contribution in [-0.4, -0.2) is 12.0 Å². The van der Waals surface area contributed by atoms with Crippen molar-refractivity contribution in [2.75, 3.05) is 6.16 Å². The molecule has 0 bridgehead atoms. The number of benzene rings is 6. The Morgan fingerprint density at radius 1 is 0.455 bits per heavy atom. The normalized spacial score (nSPS) is 11.2. The summed E-state index contributed by atoms with van der Waals surface area (Å²) in [6.45, 7) is -2.28. The molecule has 0 aromatic heterocycles. The highest BCUT2D eigenvalue weighted by atomic mass is 31.2. The molecule has 0 aliphatic heterocycles. The Kier molecular flexibility index (Phi) is 8.69.